The summed E-state index contributed by atoms with van der Waals surface area (Å²) in [5, 5.41) is 4.11. The Bertz CT molecular complexity index is 1770. The molecule has 1 amide bonds. The standard InChI is InChI=1S/C33H28BrN3O6/c1-21-3-4-22(2)37(21)26-7-9-27(10-8-26)39-19-28-11-14-31(43-28)33(38)36-35-17-24-16-25(34)6-13-29(24)40-18-23-5-12-30-32(15-23)42-20-41-30/h3-17H,18-20H2,1-2H3,(H,36,38)/b35-17+. The fourth-order valence-corrected chi connectivity index (χ4v) is 5.04. The molecule has 1 N–H and O–H groups in total. The van der Waals surface area contributed by atoms with Gasteiger partial charge in [0.1, 0.15) is 30.5 Å². The topological polar surface area (TPSA) is 96.5 Å². The van der Waals surface area contributed by atoms with Gasteiger partial charge in [-0.2, -0.15) is 5.10 Å². The summed E-state index contributed by atoms with van der Waals surface area (Å²) in [6.45, 7) is 4.86. The van der Waals surface area contributed by atoms with Gasteiger partial charge in [0.2, 0.25) is 6.79 Å². The number of carbonyl (C=O) groups excluding carboxylic acids is 1. The quantitative estimate of drug-likeness (QED) is 0.129. The van der Waals surface area contributed by atoms with E-state index < -0.39 is 5.91 Å². The molecule has 0 saturated heterocycles. The molecule has 0 atom stereocenters. The van der Waals surface area contributed by atoms with Crippen LogP contribution in [-0.2, 0) is 13.2 Å². The smallest absolute Gasteiger partial charge is 0.307 e. The monoisotopic (exact) mass is 641 g/mol. The summed E-state index contributed by atoms with van der Waals surface area (Å²) in [7, 11) is 0. The molecule has 3 aromatic carbocycles. The molecule has 9 nitrogen and oxygen atoms in total. The van der Waals surface area contributed by atoms with Gasteiger partial charge in [0.05, 0.1) is 6.21 Å². The Hall–Kier alpha value is -4.96. The summed E-state index contributed by atoms with van der Waals surface area (Å²) in [5.41, 5.74) is 7.51. The lowest BCUT2D eigenvalue weighted by Gasteiger charge is -2.10. The molecule has 0 aliphatic carbocycles. The van der Waals surface area contributed by atoms with Crippen LogP contribution in [0, 0.1) is 13.8 Å². The average molecular weight is 643 g/mol. The highest BCUT2D eigenvalue weighted by molar-refractivity contribution is 9.10. The highest BCUT2D eigenvalue weighted by atomic mass is 79.9. The first kappa shape index (κ1) is 28.2. The van der Waals surface area contributed by atoms with Crippen LogP contribution < -0.4 is 24.4 Å². The predicted octanol–water partition coefficient (Wildman–Crippen LogP) is 7.10. The number of ether oxygens (including phenoxy) is 4. The first-order valence-electron chi connectivity index (χ1n) is 13.5. The largest absolute Gasteiger partial charge is 0.488 e. The van der Waals surface area contributed by atoms with Gasteiger partial charge in [0.15, 0.2) is 17.3 Å². The van der Waals surface area contributed by atoms with Crippen LogP contribution in [0.1, 0.15) is 38.8 Å². The normalized spacial score (nSPS) is 12.1. The SMILES string of the molecule is Cc1ccc(C)n1-c1ccc(OCc2ccc(C(=O)N/N=C/c3cc(Br)ccc3OCc3ccc4c(c3)OCO4)o2)cc1. The molecule has 1 aliphatic rings. The number of hydrogen-bond acceptors (Lipinski definition) is 7. The highest BCUT2D eigenvalue weighted by Gasteiger charge is 2.14. The number of halogens is 1. The van der Waals surface area contributed by atoms with Gasteiger partial charge < -0.3 is 27.9 Å². The van der Waals surface area contributed by atoms with Gasteiger partial charge in [-0.3, -0.25) is 4.79 Å². The van der Waals surface area contributed by atoms with Gasteiger partial charge in [0.25, 0.3) is 0 Å². The van der Waals surface area contributed by atoms with Gasteiger partial charge in [-0.15, -0.1) is 0 Å². The maximum absolute atomic E-state index is 12.7. The third-order valence-corrected chi connectivity index (χ3v) is 7.30. The number of hydrazone groups is 1. The van der Waals surface area contributed by atoms with Gasteiger partial charge in [-0.1, -0.05) is 22.0 Å². The van der Waals surface area contributed by atoms with Crippen LogP contribution in [0.25, 0.3) is 5.69 Å². The zero-order valence-electron chi connectivity index (χ0n) is 23.5. The maximum atomic E-state index is 12.7. The molecule has 0 unspecified atom stereocenters. The minimum Gasteiger partial charge on any atom is -0.488 e. The van der Waals surface area contributed by atoms with E-state index in [0.717, 1.165) is 21.5 Å². The Labute approximate surface area is 256 Å². The van der Waals surface area contributed by atoms with E-state index in [2.05, 4.69) is 57.0 Å². The van der Waals surface area contributed by atoms with E-state index in [0.29, 0.717) is 35.2 Å². The van der Waals surface area contributed by atoms with Gasteiger partial charge in [0, 0.05) is 27.1 Å². The Balaban J connectivity index is 1.03. The van der Waals surface area contributed by atoms with Crippen molar-refractivity contribution in [2.45, 2.75) is 27.1 Å². The number of amides is 1. The highest BCUT2D eigenvalue weighted by Crippen LogP contribution is 2.33. The minimum atomic E-state index is -0.484. The van der Waals surface area contributed by atoms with E-state index in [4.69, 9.17) is 23.4 Å². The number of aromatic nitrogens is 1. The first-order valence-corrected chi connectivity index (χ1v) is 14.3. The van der Waals surface area contributed by atoms with Gasteiger partial charge in [-0.05, 0) is 98.3 Å². The van der Waals surface area contributed by atoms with Crippen LogP contribution in [0.5, 0.6) is 23.0 Å². The zero-order valence-corrected chi connectivity index (χ0v) is 25.1. The summed E-state index contributed by atoms with van der Waals surface area (Å²) >= 11 is 3.47. The van der Waals surface area contributed by atoms with Crippen molar-refractivity contribution >= 4 is 28.1 Å². The molecule has 43 heavy (non-hydrogen) atoms. The van der Waals surface area contributed by atoms with Crippen LogP contribution in [0.4, 0.5) is 0 Å². The number of aryl methyl sites for hydroxylation is 2. The molecular formula is C33H28BrN3O6. The van der Waals surface area contributed by atoms with E-state index in [9.17, 15) is 4.79 Å². The second-order valence-corrected chi connectivity index (χ2v) is 10.8. The van der Waals surface area contributed by atoms with E-state index in [1.165, 1.54) is 17.6 Å². The number of hydrogen-bond donors (Lipinski definition) is 1. The summed E-state index contributed by atoms with van der Waals surface area (Å²) in [5.74, 6) is 2.87. The molecule has 0 saturated carbocycles. The van der Waals surface area contributed by atoms with E-state index in [1.54, 1.807) is 12.1 Å². The number of carbonyl (C=O) groups is 1. The molecule has 3 heterocycles. The molecule has 0 bridgehead atoms. The first-order chi connectivity index (χ1) is 20.9. The van der Waals surface area contributed by atoms with Crippen LogP contribution in [0.3, 0.4) is 0 Å². The van der Waals surface area contributed by atoms with Crippen molar-refractivity contribution in [2.24, 2.45) is 5.10 Å². The number of nitrogens with one attached hydrogen (secondary N) is 1. The zero-order chi connectivity index (χ0) is 29.8. The van der Waals surface area contributed by atoms with Crippen LogP contribution >= 0.6 is 15.9 Å². The third-order valence-electron chi connectivity index (χ3n) is 6.81. The molecule has 10 heteroatoms. The number of fused-ring (bicyclic) bond motifs is 1. The van der Waals surface area contributed by atoms with Gasteiger partial charge in [-0.25, -0.2) is 5.43 Å². The Kier molecular flexibility index (Phi) is 8.19. The lowest BCUT2D eigenvalue weighted by Crippen LogP contribution is -2.16. The van der Waals surface area contributed by atoms with E-state index in [-0.39, 0.29) is 19.2 Å². The minimum absolute atomic E-state index is 0.123. The Morgan fingerprint density at radius 1 is 0.907 bits per heavy atom. The molecule has 0 spiro atoms. The van der Waals surface area contributed by atoms with Crippen molar-refractivity contribution in [3.05, 3.63) is 123 Å². The van der Waals surface area contributed by atoms with Crippen molar-refractivity contribution in [2.75, 3.05) is 6.79 Å². The van der Waals surface area contributed by atoms with Crippen molar-refractivity contribution in [1.82, 2.24) is 9.99 Å². The molecule has 1 aliphatic heterocycles. The molecule has 5 aromatic rings. The van der Waals surface area contributed by atoms with E-state index in [1.807, 2.05) is 60.7 Å². The Morgan fingerprint density at radius 3 is 2.51 bits per heavy atom. The molecule has 218 valence electrons. The third kappa shape index (κ3) is 6.60. The molecule has 0 fully saturated rings. The van der Waals surface area contributed by atoms with Crippen molar-refractivity contribution in [1.29, 1.82) is 0 Å². The fourth-order valence-electron chi connectivity index (χ4n) is 4.66. The summed E-state index contributed by atoms with van der Waals surface area (Å²) in [6.07, 6.45) is 1.52. The summed E-state index contributed by atoms with van der Waals surface area (Å²) < 4.78 is 31.4. The second-order valence-electron chi connectivity index (χ2n) is 9.86. The van der Waals surface area contributed by atoms with Gasteiger partial charge >= 0.3 is 5.91 Å². The van der Waals surface area contributed by atoms with Crippen LogP contribution in [-0.4, -0.2) is 23.5 Å². The number of furan rings is 1. The molecule has 2 aromatic heterocycles. The number of nitrogens with zero attached hydrogens (tertiary/aromatic N) is 2. The lowest BCUT2D eigenvalue weighted by molar-refractivity contribution is 0.0923. The van der Waals surface area contributed by atoms with Crippen LogP contribution in [0.2, 0.25) is 0 Å². The van der Waals surface area contributed by atoms with E-state index >= 15 is 0 Å². The number of benzene rings is 3. The number of rotatable bonds is 10. The molecule has 0 radical (unpaired) electrons. The van der Waals surface area contributed by atoms with Crippen molar-refractivity contribution < 1.29 is 28.2 Å². The molecule has 6 rings (SSSR count). The fraction of sp³-hybridized carbons (Fsp3) is 0.152. The Morgan fingerprint density at radius 2 is 1.70 bits per heavy atom. The second kappa shape index (κ2) is 12.5. The predicted molar refractivity (Wildman–Crippen MR) is 164 cm³/mol. The molecular weight excluding hydrogens is 614 g/mol. The average Bonchev–Trinajstić information content (AvgIpc) is 3.76. The summed E-state index contributed by atoms with van der Waals surface area (Å²) in [4.78, 5) is 12.7. The van der Waals surface area contributed by atoms with Crippen molar-refractivity contribution in [3.8, 4) is 28.7 Å². The lowest BCUT2D eigenvalue weighted by atomic mass is 10.2. The maximum Gasteiger partial charge on any atom is 0.307 e. The van der Waals surface area contributed by atoms with Crippen LogP contribution in [0.15, 0.2) is 98.9 Å². The van der Waals surface area contributed by atoms with Crippen molar-refractivity contribution in [3.63, 3.8) is 0 Å². The summed E-state index contributed by atoms with van der Waals surface area (Å²) in [6, 6.07) is 26.5.